The van der Waals surface area contributed by atoms with Gasteiger partial charge in [-0.2, -0.15) is 0 Å². The van der Waals surface area contributed by atoms with Gasteiger partial charge < -0.3 is 74.1 Å². The van der Waals surface area contributed by atoms with Gasteiger partial charge >= 0.3 is 5.97 Å². The summed E-state index contributed by atoms with van der Waals surface area (Å²) in [7, 11) is 1.36. The second-order valence-electron chi connectivity index (χ2n) is 12.7. The number of phenolic OH excluding ortho intramolecular Hbond substituents is 2. The lowest BCUT2D eigenvalue weighted by atomic mass is 9.90. The molecule has 1 aromatic heterocycles. The van der Waals surface area contributed by atoms with Crippen molar-refractivity contribution in [2.75, 3.05) is 20.3 Å². The van der Waals surface area contributed by atoms with E-state index < -0.39 is 85.8 Å². The van der Waals surface area contributed by atoms with Crippen LogP contribution < -0.4 is 14.9 Å². The van der Waals surface area contributed by atoms with Crippen LogP contribution in [0.3, 0.4) is 0 Å². The molecule has 0 amide bonds. The molecule has 10 atom stereocenters. The molecule has 54 heavy (non-hydrogen) atoms. The summed E-state index contributed by atoms with van der Waals surface area (Å²) in [6, 6.07) is 13.7. The number of hydrogen-bond donors (Lipinski definition) is 9. The van der Waals surface area contributed by atoms with Crippen molar-refractivity contribution >= 4 is 23.0 Å². The molecular weight excluding hydrogens is 716 g/mol. The second-order valence-corrected chi connectivity index (χ2v) is 12.7. The van der Waals surface area contributed by atoms with Crippen LogP contribution in [0.1, 0.15) is 17.2 Å². The van der Waals surface area contributed by atoms with E-state index in [1.807, 2.05) is 0 Å². The maximum atomic E-state index is 13.4. The summed E-state index contributed by atoms with van der Waals surface area (Å²) in [5, 5.41) is 93.6. The zero-order chi connectivity index (χ0) is 38.8. The number of fused-ring (bicyclic) bond motifs is 1. The third-order valence-electron chi connectivity index (χ3n) is 9.13. The van der Waals surface area contributed by atoms with Crippen molar-refractivity contribution in [2.24, 2.45) is 0 Å². The third kappa shape index (κ3) is 7.90. The molecular formula is C37H38O17. The first-order chi connectivity index (χ1) is 25.8. The smallest absolute Gasteiger partial charge is 0.330 e. The predicted molar refractivity (Wildman–Crippen MR) is 184 cm³/mol. The zero-order valence-electron chi connectivity index (χ0n) is 28.4. The Morgan fingerprint density at radius 1 is 0.796 bits per heavy atom. The lowest BCUT2D eigenvalue weighted by Gasteiger charge is -2.42. The summed E-state index contributed by atoms with van der Waals surface area (Å²) in [5.41, 5.74) is 0.136. The average Bonchev–Trinajstić information content (AvgIpc) is 3.16. The predicted octanol–water partition coefficient (Wildman–Crippen LogP) is -0.162. The molecule has 4 aromatic rings. The molecule has 2 fully saturated rings. The van der Waals surface area contributed by atoms with Crippen LogP contribution in [-0.4, -0.2) is 127 Å². The molecule has 0 aliphatic carbocycles. The first-order valence-electron chi connectivity index (χ1n) is 16.6. The summed E-state index contributed by atoms with van der Waals surface area (Å²) in [6.45, 7) is -1.40. The highest BCUT2D eigenvalue weighted by Gasteiger charge is 2.48. The highest BCUT2D eigenvalue weighted by atomic mass is 16.7. The van der Waals surface area contributed by atoms with E-state index in [2.05, 4.69) is 0 Å². The molecule has 17 nitrogen and oxygen atoms in total. The number of aromatic hydroxyl groups is 2. The number of rotatable bonds is 10. The van der Waals surface area contributed by atoms with Crippen LogP contribution in [0.25, 0.3) is 28.4 Å². The molecule has 0 unspecified atom stereocenters. The number of aliphatic hydroxyl groups is 7. The van der Waals surface area contributed by atoms with Crippen LogP contribution in [0.4, 0.5) is 0 Å². The van der Waals surface area contributed by atoms with Crippen molar-refractivity contribution in [2.45, 2.75) is 61.2 Å². The Bertz CT molecular complexity index is 2040. The minimum Gasteiger partial charge on any atom is -0.508 e. The number of carbonyl (C=O) groups is 1. The number of hydrogen-bond acceptors (Lipinski definition) is 17. The fraction of sp³-hybridized carbons (Fsp3) is 0.351. The minimum atomic E-state index is -1.93. The van der Waals surface area contributed by atoms with Crippen molar-refractivity contribution in [3.05, 3.63) is 88.1 Å². The molecule has 3 aromatic carbocycles. The molecule has 3 heterocycles. The van der Waals surface area contributed by atoms with Gasteiger partial charge in [-0.3, -0.25) is 4.79 Å². The topological polar surface area (TPSA) is 275 Å². The standard InChI is InChI=1S/C37H38O17/c1-49-26-10-16(2-8-21(26)40)3-9-29(42)50-15-28-31(44)33(46)35(48)37(54-28)53-25-13-24-19(22(41)12-23(51-24)17-4-6-18(39)7-5-17)11-20(25)36-34(47)32(45)30(43)27(14-38)52-36/h2-13,27-28,30-40,43-48H,14-15H2,1H3/t27-,28-,30-,31-,32+,33+,34-,35-,36+,37-/m1/s1. The van der Waals surface area contributed by atoms with E-state index in [1.165, 1.54) is 73.8 Å². The van der Waals surface area contributed by atoms with Crippen LogP contribution in [0.2, 0.25) is 0 Å². The largest absolute Gasteiger partial charge is 0.508 e. The molecule has 2 aliphatic rings. The van der Waals surface area contributed by atoms with E-state index in [9.17, 15) is 55.5 Å². The lowest BCUT2D eigenvalue weighted by molar-refractivity contribution is -0.279. The Hall–Kier alpha value is -5.08. The molecule has 288 valence electrons. The van der Waals surface area contributed by atoms with Gasteiger partial charge in [0.25, 0.3) is 0 Å². The lowest BCUT2D eigenvalue weighted by Crippen LogP contribution is -2.60. The number of ether oxygens (including phenoxy) is 5. The molecule has 2 aliphatic heterocycles. The molecule has 9 N–H and O–H groups in total. The molecule has 6 rings (SSSR count). The Kier molecular flexibility index (Phi) is 11.5. The Balaban J connectivity index is 1.30. The van der Waals surface area contributed by atoms with Gasteiger partial charge in [-0.25, -0.2) is 4.79 Å². The van der Waals surface area contributed by atoms with Crippen molar-refractivity contribution in [1.29, 1.82) is 0 Å². The van der Waals surface area contributed by atoms with Gasteiger partial charge in [0.05, 0.1) is 19.1 Å². The third-order valence-corrected chi connectivity index (χ3v) is 9.13. The number of esters is 1. The highest BCUT2D eigenvalue weighted by molar-refractivity contribution is 5.87. The molecule has 0 spiro atoms. The summed E-state index contributed by atoms with van der Waals surface area (Å²) in [5.74, 6) is -1.04. The SMILES string of the molecule is COc1cc(C=CC(=O)OC[C@H]2O[C@@H](Oc3cc4oc(-c5ccc(O)cc5)cc(=O)c4cc3[C@@H]3O[C@H](CO)[C@@H](O)[C@H](O)[C@H]3O)[C@H](O)[C@@H](O)[C@@H]2O)ccc1O. The zero-order valence-corrected chi connectivity index (χ0v) is 28.4. The Morgan fingerprint density at radius 2 is 1.50 bits per heavy atom. The maximum Gasteiger partial charge on any atom is 0.330 e. The van der Waals surface area contributed by atoms with Crippen molar-refractivity contribution in [1.82, 2.24) is 0 Å². The van der Waals surface area contributed by atoms with Crippen molar-refractivity contribution in [3.8, 4) is 34.3 Å². The Labute approximate surface area is 305 Å². The van der Waals surface area contributed by atoms with Gasteiger partial charge in [-0.1, -0.05) is 6.07 Å². The number of aliphatic hydroxyl groups excluding tert-OH is 7. The van der Waals surface area contributed by atoms with E-state index >= 15 is 0 Å². The van der Waals surface area contributed by atoms with Gasteiger partial charge in [0, 0.05) is 29.3 Å². The van der Waals surface area contributed by atoms with Crippen molar-refractivity contribution in [3.63, 3.8) is 0 Å². The Morgan fingerprint density at radius 3 is 2.20 bits per heavy atom. The van der Waals surface area contributed by atoms with Crippen molar-refractivity contribution < 1.29 is 78.9 Å². The summed E-state index contributed by atoms with van der Waals surface area (Å²) in [6.07, 6.45) is -14.7. The van der Waals surface area contributed by atoms with E-state index in [1.54, 1.807) is 0 Å². The summed E-state index contributed by atoms with van der Waals surface area (Å²) in [4.78, 5) is 25.9. The second kappa shape index (κ2) is 16.1. The molecule has 0 bridgehead atoms. The number of methoxy groups -OCH3 is 1. The quantitative estimate of drug-likeness (QED) is 0.0751. The monoisotopic (exact) mass is 754 g/mol. The van der Waals surface area contributed by atoms with Gasteiger partial charge in [0.1, 0.15) is 84.4 Å². The normalized spacial score (nSPS) is 28.6. The van der Waals surface area contributed by atoms with Gasteiger partial charge in [-0.15, -0.1) is 0 Å². The minimum absolute atomic E-state index is 0.0280. The number of carbonyl (C=O) groups excluding carboxylic acids is 1. The maximum absolute atomic E-state index is 13.4. The van der Waals surface area contributed by atoms with Gasteiger partial charge in [0.15, 0.2) is 16.9 Å². The molecule has 2 saturated heterocycles. The summed E-state index contributed by atoms with van der Waals surface area (Å²) < 4.78 is 33.8. The number of phenols is 2. The van der Waals surface area contributed by atoms with Crippen LogP contribution in [-0.2, 0) is 19.0 Å². The van der Waals surface area contributed by atoms with E-state index in [4.69, 9.17) is 28.1 Å². The summed E-state index contributed by atoms with van der Waals surface area (Å²) >= 11 is 0. The number of benzene rings is 3. The molecule has 17 heteroatoms. The van der Waals surface area contributed by atoms with E-state index in [0.29, 0.717) is 11.1 Å². The molecule has 0 saturated carbocycles. The first kappa shape index (κ1) is 38.6. The van der Waals surface area contributed by atoms with E-state index in [-0.39, 0.29) is 45.3 Å². The fourth-order valence-corrected chi connectivity index (χ4v) is 6.10. The van der Waals surface area contributed by atoms with Crippen LogP contribution in [0.5, 0.6) is 23.0 Å². The van der Waals surface area contributed by atoms with Crippen LogP contribution >= 0.6 is 0 Å². The van der Waals surface area contributed by atoms with Crippen LogP contribution in [0, 0.1) is 0 Å². The highest BCUT2D eigenvalue weighted by Crippen LogP contribution is 2.40. The average molecular weight is 755 g/mol. The van der Waals surface area contributed by atoms with Gasteiger partial charge in [0.2, 0.25) is 6.29 Å². The first-order valence-corrected chi connectivity index (χ1v) is 16.6. The fourth-order valence-electron chi connectivity index (χ4n) is 6.10. The van der Waals surface area contributed by atoms with E-state index in [0.717, 1.165) is 6.08 Å². The van der Waals surface area contributed by atoms with Crippen LogP contribution in [0.15, 0.2) is 76.0 Å². The molecule has 0 radical (unpaired) electrons. The van der Waals surface area contributed by atoms with Gasteiger partial charge in [-0.05, 0) is 54.1 Å².